The van der Waals surface area contributed by atoms with E-state index in [0.29, 0.717) is 52.5 Å². The molecule has 1 aliphatic rings. The maximum absolute atomic E-state index is 14.2. The van der Waals surface area contributed by atoms with Gasteiger partial charge in [-0.05, 0) is 86.7 Å². The quantitative estimate of drug-likeness (QED) is 0.0908. The van der Waals surface area contributed by atoms with Crippen molar-refractivity contribution < 1.29 is 13.4 Å². The number of unbranched alkanes of at least 4 members (excludes halogenated alkanes) is 4. The molecule has 1 unspecified atom stereocenters. The van der Waals surface area contributed by atoms with Gasteiger partial charge in [0, 0.05) is 35.4 Å². The number of ether oxygens (including phenoxy) is 1. The summed E-state index contributed by atoms with van der Waals surface area (Å²) >= 11 is 0. The first-order valence-corrected chi connectivity index (χ1v) is 16.8. The molecule has 9 heteroatoms. The Kier molecular flexibility index (Phi) is 11.9. The molecule has 5 rings (SSSR count). The van der Waals surface area contributed by atoms with Gasteiger partial charge < -0.3 is 9.21 Å². The average Bonchev–Trinajstić information content (AvgIpc) is 3.63. The van der Waals surface area contributed by atoms with Crippen LogP contribution in [0.5, 0.6) is 0 Å². The maximum Gasteiger partial charge on any atom is 0.677 e. The molecule has 0 amide bonds. The van der Waals surface area contributed by atoms with Crippen LogP contribution in [0.1, 0.15) is 87.7 Å². The van der Waals surface area contributed by atoms with Crippen molar-refractivity contribution in [3.63, 3.8) is 0 Å². The molecule has 1 aliphatic heterocycles. The first-order valence-electron chi connectivity index (χ1n) is 16.8. The third-order valence-electron chi connectivity index (χ3n) is 8.58. The van der Waals surface area contributed by atoms with Crippen molar-refractivity contribution >= 4 is 19.2 Å². The minimum Gasteiger partial charge on any atom is -0.491 e. The molecule has 4 aromatic heterocycles. The number of rotatable bonds is 16. The Hall–Kier alpha value is -4.40. The summed E-state index contributed by atoms with van der Waals surface area (Å²) in [5.74, 6) is 1.00. The zero-order valence-corrected chi connectivity index (χ0v) is 27.9. The molecule has 1 atom stereocenters. The van der Waals surface area contributed by atoms with Crippen LogP contribution in [0, 0.1) is 19.8 Å². The molecule has 0 N–H and O–H groups in total. The third kappa shape index (κ3) is 8.70. The van der Waals surface area contributed by atoms with Crippen molar-refractivity contribution in [1.82, 2.24) is 19.4 Å². The van der Waals surface area contributed by atoms with Crippen molar-refractivity contribution in [1.29, 1.82) is 0 Å². The van der Waals surface area contributed by atoms with Gasteiger partial charge in [0.15, 0.2) is 0 Å². The number of halogens is 2. The minimum absolute atomic E-state index is 0.416. The van der Waals surface area contributed by atoms with Crippen molar-refractivity contribution in [2.24, 2.45) is 10.9 Å². The Bertz CT molecular complexity index is 1660. The summed E-state index contributed by atoms with van der Waals surface area (Å²) in [5.41, 5.74) is 6.51. The summed E-state index contributed by atoms with van der Waals surface area (Å²) in [6, 6.07) is 17.1. The molecule has 6 nitrogen and oxygen atoms in total. The van der Waals surface area contributed by atoms with E-state index in [2.05, 4.69) is 23.8 Å². The highest BCUT2D eigenvalue weighted by Gasteiger charge is 2.26. The van der Waals surface area contributed by atoms with Gasteiger partial charge in [-0.1, -0.05) is 64.5 Å². The zero-order valence-electron chi connectivity index (χ0n) is 27.9. The fourth-order valence-electron chi connectivity index (χ4n) is 6.03. The van der Waals surface area contributed by atoms with Crippen LogP contribution in [0.15, 0.2) is 89.5 Å². The number of nitrogens with zero attached hydrogens (tertiary/aromatic N) is 5. The van der Waals surface area contributed by atoms with E-state index in [1.165, 1.54) is 25.7 Å². The number of pyridine rings is 3. The highest BCUT2D eigenvalue weighted by atomic mass is 19.2. The molecule has 0 aliphatic carbocycles. The van der Waals surface area contributed by atoms with Crippen LogP contribution in [0.3, 0.4) is 0 Å². The highest BCUT2D eigenvalue weighted by molar-refractivity contribution is 6.41. The largest absolute Gasteiger partial charge is 0.677 e. The molecule has 5 heterocycles. The lowest BCUT2D eigenvalue weighted by Crippen LogP contribution is -2.16. The summed E-state index contributed by atoms with van der Waals surface area (Å²) in [7, 11) is -2.67. The van der Waals surface area contributed by atoms with E-state index in [0.717, 1.165) is 52.7 Å². The fourth-order valence-corrected chi connectivity index (χ4v) is 6.03. The van der Waals surface area contributed by atoms with E-state index >= 15 is 0 Å². The van der Waals surface area contributed by atoms with Crippen molar-refractivity contribution in [2.75, 3.05) is 6.61 Å². The third-order valence-corrected chi connectivity index (χ3v) is 8.58. The summed E-state index contributed by atoms with van der Waals surface area (Å²) in [5, 5.41) is 0. The lowest BCUT2D eigenvalue weighted by Gasteiger charge is -2.18. The van der Waals surface area contributed by atoms with Gasteiger partial charge in [0.2, 0.25) is 0 Å². The summed E-state index contributed by atoms with van der Waals surface area (Å²) < 4.78 is 36.0. The van der Waals surface area contributed by atoms with E-state index in [1.807, 2.05) is 61.5 Å². The molecule has 0 saturated heterocycles. The van der Waals surface area contributed by atoms with Crippen LogP contribution in [-0.4, -0.2) is 39.2 Å². The Labute approximate surface area is 278 Å². The first-order chi connectivity index (χ1) is 22.9. The number of aryl methyl sites for hydroxylation is 2. The highest BCUT2D eigenvalue weighted by Crippen LogP contribution is 2.32. The molecule has 0 saturated carbocycles. The van der Waals surface area contributed by atoms with Crippen LogP contribution >= 0.6 is 0 Å². The Morgan fingerprint density at radius 2 is 1.49 bits per heavy atom. The van der Waals surface area contributed by atoms with Crippen molar-refractivity contribution in [2.45, 2.75) is 79.1 Å². The van der Waals surface area contributed by atoms with Crippen LogP contribution in [-0.2, 0) is 4.74 Å². The van der Waals surface area contributed by atoms with E-state index in [1.54, 1.807) is 31.5 Å². The molecule has 47 heavy (non-hydrogen) atoms. The Morgan fingerprint density at radius 1 is 0.830 bits per heavy atom. The van der Waals surface area contributed by atoms with E-state index in [4.69, 9.17) is 14.7 Å². The topological polar surface area (TPSA) is 65.2 Å². The standard InChI is InChI=1S/C38H44BF2N5O/c1-5-7-9-10-16-29(15-8-6-2)26-47-38-25-33(44-36(38)24-37-27(3)21-28(4)46(37)39(40)41)30-22-34(31-17-11-13-19-42-31)45-35(23-30)32-18-12-14-20-43-32/h11-14,17-25,29H,5-10,15-16,26H2,1-4H3/b36-24-. The van der Waals surface area contributed by atoms with Gasteiger partial charge in [-0.25, -0.2) is 9.98 Å². The summed E-state index contributed by atoms with van der Waals surface area (Å²) in [6.45, 7) is 8.54. The van der Waals surface area contributed by atoms with Crippen LogP contribution in [0.2, 0.25) is 0 Å². The van der Waals surface area contributed by atoms with E-state index < -0.39 is 7.40 Å². The zero-order chi connectivity index (χ0) is 33.2. The Balaban J connectivity index is 1.56. The predicted octanol–water partition coefficient (Wildman–Crippen LogP) is 9.92. The number of hydrogen-bond acceptors (Lipinski definition) is 5. The van der Waals surface area contributed by atoms with Crippen LogP contribution in [0.4, 0.5) is 8.63 Å². The SMILES string of the molecule is CCCCCCC(CCCC)COC1=CC(c2cc(-c3ccccn3)nc(-c3ccccn3)c2)=N/C1=C\c1c(C)cc(C)n1B(F)F. The molecule has 0 radical (unpaired) electrons. The van der Waals surface area contributed by atoms with Crippen LogP contribution in [0.25, 0.3) is 28.9 Å². The molecule has 0 aromatic carbocycles. The second-order valence-electron chi connectivity index (χ2n) is 12.3. The van der Waals surface area contributed by atoms with Gasteiger partial charge >= 0.3 is 7.40 Å². The maximum atomic E-state index is 14.2. The van der Waals surface area contributed by atoms with E-state index in [-0.39, 0.29) is 0 Å². The molecule has 244 valence electrons. The normalized spacial score (nSPS) is 14.3. The number of hydrogen-bond donors (Lipinski definition) is 0. The molecule has 4 aromatic rings. The molecular formula is C38H44BF2N5O. The van der Waals surface area contributed by atoms with E-state index in [9.17, 15) is 8.63 Å². The van der Waals surface area contributed by atoms with Gasteiger partial charge in [0.1, 0.15) is 11.5 Å². The molecule has 0 bridgehead atoms. The number of aromatic nitrogens is 4. The number of aliphatic imine (C=N–C) groups is 1. The lowest BCUT2D eigenvalue weighted by atomic mass is 9.96. The minimum atomic E-state index is -2.67. The van der Waals surface area contributed by atoms with Gasteiger partial charge in [-0.3, -0.25) is 18.6 Å². The van der Waals surface area contributed by atoms with Crippen molar-refractivity contribution in [3.8, 4) is 22.8 Å². The first kappa shape index (κ1) is 34.0. The second kappa shape index (κ2) is 16.4. The van der Waals surface area contributed by atoms with Crippen molar-refractivity contribution in [3.05, 3.63) is 107 Å². The lowest BCUT2D eigenvalue weighted by molar-refractivity contribution is 0.158. The van der Waals surface area contributed by atoms with Crippen LogP contribution < -0.4 is 0 Å². The van der Waals surface area contributed by atoms with Gasteiger partial charge in [0.25, 0.3) is 0 Å². The molecule has 0 fully saturated rings. The average molecular weight is 636 g/mol. The summed E-state index contributed by atoms with van der Waals surface area (Å²) in [6.07, 6.45) is 16.5. The fraction of sp³-hybridized carbons (Fsp3) is 0.368. The Morgan fingerprint density at radius 3 is 2.09 bits per heavy atom. The van der Waals surface area contributed by atoms with Gasteiger partial charge in [0.05, 0.1) is 35.1 Å². The monoisotopic (exact) mass is 635 g/mol. The molecular weight excluding hydrogens is 591 g/mol. The predicted molar refractivity (Wildman–Crippen MR) is 188 cm³/mol. The number of allylic oxidation sites excluding steroid dienone is 1. The van der Waals surface area contributed by atoms with Gasteiger partial charge in [-0.2, -0.15) is 0 Å². The smallest absolute Gasteiger partial charge is 0.491 e. The molecule has 0 spiro atoms. The summed E-state index contributed by atoms with van der Waals surface area (Å²) in [4.78, 5) is 19.0. The van der Waals surface area contributed by atoms with Gasteiger partial charge in [-0.15, -0.1) is 0 Å². The second-order valence-corrected chi connectivity index (χ2v) is 12.3.